The van der Waals surface area contributed by atoms with Gasteiger partial charge in [-0.15, -0.1) is 11.6 Å². The van der Waals surface area contributed by atoms with E-state index in [-0.39, 0.29) is 34.9 Å². The molecule has 1 N–H and O–H groups in total. The van der Waals surface area contributed by atoms with Gasteiger partial charge in [-0.25, -0.2) is 14.2 Å². The van der Waals surface area contributed by atoms with Crippen molar-refractivity contribution in [3.05, 3.63) is 71.7 Å². The highest BCUT2D eigenvalue weighted by Crippen LogP contribution is 2.34. The number of carbonyl (C=O) groups is 2. The van der Waals surface area contributed by atoms with E-state index in [0.29, 0.717) is 56.7 Å². The van der Waals surface area contributed by atoms with Crippen LogP contribution < -0.4 is 15.0 Å². The number of halogens is 2. The number of alkyl halides is 1. The van der Waals surface area contributed by atoms with Crippen molar-refractivity contribution < 1.29 is 18.7 Å². The summed E-state index contributed by atoms with van der Waals surface area (Å²) in [4.78, 5) is 36.8. The number of nitrogens with one attached hydrogen (secondary N) is 1. The summed E-state index contributed by atoms with van der Waals surface area (Å²) in [5, 5.41) is 11.8. The molecule has 0 radical (unpaired) electrons. The van der Waals surface area contributed by atoms with Gasteiger partial charge in [-0.2, -0.15) is 5.26 Å². The number of nitrogens with zero attached hydrogens (tertiary/aromatic N) is 5. The molecule has 11 heteroatoms. The standard InChI is InChI=1S/C31H34ClFN6O3/c1-35-24-8-9-28(26(33)15-24)42-31(41)37(2)27-19-39(18-25(27)21-4-6-23(32)7-5-21)30(40)22-11-13-38(14-12-22)29-10-3-20(16-34)17-36-29/h3-6,8-10,15,17,22-23,25,27,35H,7,11-14,18-19H2,1-2H3/t23?,25-,27+/m0/s1. The Labute approximate surface area is 250 Å². The van der Waals surface area contributed by atoms with Gasteiger partial charge in [-0.1, -0.05) is 18.2 Å². The smallest absolute Gasteiger partial charge is 0.407 e. The van der Waals surface area contributed by atoms with Crippen molar-refractivity contribution in [1.29, 1.82) is 5.26 Å². The SMILES string of the molecule is CNc1ccc(OC(=O)N(C)[C@@H]2CN(C(=O)C3CCN(c4ccc(C#N)cn4)CC3)C[C@H]2C2=CCC(Cl)C=C2)c(F)c1. The molecule has 0 saturated carbocycles. The fraction of sp³-hybridized carbons (Fsp3) is 0.419. The van der Waals surface area contributed by atoms with E-state index in [0.717, 1.165) is 11.4 Å². The van der Waals surface area contributed by atoms with Crippen molar-refractivity contribution in [2.75, 3.05) is 50.5 Å². The van der Waals surface area contributed by atoms with Crippen molar-refractivity contribution in [3.63, 3.8) is 0 Å². The second kappa shape index (κ2) is 12.8. The second-order valence-electron chi connectivity index (χ2n) is 10.9. The number of benzene rings is 1. The summed E-state index contributed by atoms with van der Waals surface area (Å²) in [7, 11) is 3.31. The zero-order valence-corrected chi connectivity index (χ0v) is 24.4. The van der Waals surface area contributed by atoms with E-state index in [4.69, 9.17) is 21.6 Å². The Morgan fingerprint density at radius 3 is 2.62 bits per heavy atom. The number of allylic oxidation sites excluding steroid dienone is 3. The molecule has 2 saturated heterocycles. The first-order valence-corrected chi connectivity index (χ1v) is 14.5. The average molecular weight is 593 g/mol. The predicted molar refractivity (Wildman–Crippen MR) is 159 cm³/mol. The van der Waals surface area contributed by atoms with Crippen molar-refractivity contribution in [1.82, 2.24) is 14.8 Å². The molecular weight excluding hydrogens is 559 g/mol. The van der Waals surface area contributed by atoms with Crippen LogP contribution in [0.4, 0.5) is 20.7 Å². The first kappa shape index (κ1) is 29.4. The molecule has 1 aliphatic carbocycles. The molecule has 2 aromatic rings. The highest BCUT2D eigenvalue weighted by Gasteiger charge is 2.43. The van der Waals surface area contributed by atoms with Gasteiger partial charge in [-0.3, -0.25) is 4.79 Å². The van der Waals surface area contributed by atoms with Crippen LogP contribution in [0.5, 0.6) is 5.75 Å². The minimum Gasteiger partial charge on any atom is -0.407 e. The lowest BCUT2D eigenvalue weighted by atomic mass is 9.89. The number of carbonyl (C=O) groups excluding carboxylic acids is 2. The molecule has 0 bridgehead atoms. The van der Waals surface area contributed by atoms with Gasteiger partial charge in [0.05, 0.1) is 17.0 Å². The minimum atomic E-state index is -0.686. The zero-order valence-electron chi connectivity index (χ0n) is 23.7. The number of likely N-dealkylation sites (N-methyl/N-ethyl adjacent to an activating group) is 1. The Bertz CT molecular complexity index is 1420. The van der Waals surface area contributed by atoms with E-state index >= 15 is 0 Å². The van der Waals surface area contributed by atoms with Crippen LogP contribution in [-0.4, -0.2) is 78.5 Å². The lowest BCUT2D eigenvalue weighted by molar-refractivity contribution is -0.135. The van der Waals surface area contributed by atoms with E-state index in [9.17, 15) is 14.0 Å². The van der Waals surface area contributed by atoms with Crippen LogP contribution in [0.3, 0.4) is 0 Å². The van der Waals surface area contributed by atoms with Crippen molar-refractivity contribution in [3.8, 4) is 11.8 Å². The molecule has 2 aliphatic heterocycles. The largest absolute Gasteiger partial charge is 0.415 e. The fourth-order valence-corrected chi connectivity index (χ4v) is 6.03. The second-order valence-corrected chi connectivity index (χ2v) is 11.4. The Kier molecular flexibility index (Phi) is 8.97. The fourth-order valence-electron chi connectivity index (χ4n) is 5.87. The molecule has 3 atom stereocenters. The highest BCUT2D eigenvalue weighted by molar-refractivity contribution is 6.22. The van der Waals surface area contributed by atoms with Crippen molar-refractivity contribution in [2.45, 2.75) is 30.7 Å². The number of hydrogen-bond acceptors (Lipinski definition) is 7. The van der Waals surface area contributed by atoms with Gasteiger partial charge >= 0.3 is 6.09 Å². The topological polar surface area (TPSA) is 102 Å². The van der Waals surface area contributed by atoms with Gasteiger partial charge in [-0.05, 0) is 49.1 Å². The van der Waals surface area contributed by atoms with Crippen LogP contribution in [0.25, 0.3) is 0 Å². The summed E-state index contributed by atoms with van der Waals surface area (Å²) in [6.45, 7) is 2.19. The molecule has 9 nitrogen and oxygen atoms in total. The van der Waals surface area contributed by atoms with Gasteiger partial charge in [0.25, 0.3) is 0 Å². The Hall–Kier alpha value is -4.10. The third kappa shape index (κ3) is 6.36. The minimum absolute atomic E-state index is 0.0704. The summed E-state index contributed by atoms with van der Waals surface area (Å²) in [5.74, 6) is -0.200. The maximum absolute atomic E-state index is 14.5. The molecule has 1 aromatic heterocycles. The lowest BCUT2D eigenvalue weighted by Gasteiger charge is -2.34. The quantitative estimate of drug-likeness (QED) is 0.481. The Morgan fingerprint density at radius 1 is 1.21 bits per heavy atom. The van der Waals surface area contributed by atoms with E-state index in [1.807, 2.05) is 23.1 Å². The molecule has 3 aliphatic rings. The molecule has 2 fully saturated rings. The number of piperidine rings is 1. The Morgan fingerprint density at radius 2 is 2.00 bits per heavy atom. The molecule has 220 valence electrons. The normalized spacial score (nSPS) is 22.4. The first-order chi connectivity index (χ1) is 20.3. The number of nitriles is 1. The zero-order chi connectivity index (χ0) is 29.8. The Balaban J connectivity index is 1.27. The number of rotatable bonds is 6. The van der Waals surface area contributed by atoms with Gasteiger partial charge in [0.1, 0.15) is 11.9 Å². The molecule has 0 spiro atoms. The van der Waals surface area contributed by atoms with Crippen LogP contribution in [0.15, 0.2) is 60.3 Å². The van der Waals surface area contributed by atoms with Gasteiger partial charge in [0.2, 0.25) is 5.91 Å². The number of ether oxygens (including phenoxy) is 1. The van der Waals surface area contributed by atoms with E-state index < -0.39 is 11.9 Å². The summed E-state index contributed by atoms with van der Waals surface area (Å²) < 4.78 is 20.0. The number of anilines is 2. The monoisotopic (exact) mass is 592 g/mol. The summed E-state index contributed by atoms with van der Waals surface area (Å²) >= 11 is 6.27. The molecule has 3 heterocycles. The summed E-state index contributed by atoms with van der Waals surface area (Å²) in [6, 6.07) is 9.63. The van der Waals surface area contributed by atoms with Crippen molar-refractivity contribution >= 4 is 35.1 Å². The van der Waals surface area contributed by atoms with E-state index in [1.54, 1.807) is 32.4 Å². The van der Waals surface area contributed by atoms with Gasteiger partial charge in [0, 0.05) is 70.1 Å². The number of pyridine rings is 1. The predicted octanol–water partition coefficient (Wildman–Crippen LogP) is 4.80. The third-order valence-corrected chi connectivity index (χ3v) is 8.68. The van der Waals surface area contributed by atoms with Crippen LogP contribution in [0, 0.1) is 29.0 Å². The highest BCUT2D eigenvalue weighted by atomic mass is 35.5. The molecule has 1 unspecified atom stereocenters. The average Bonchev–Trinajstić information content (AvgIpc) is 3.47. The summed E-state index contributed by atoms with van der Waals surface area (Å²) in [6.07, 6.45) is 8.89. The number of amides is 2. The van der Waals surface area contributed by atoms with Crippen LogP contribution >= 0.6 is 11.6 Å². The van der Waals surface area contributed by atoms with E-state index in [1.165, 1.54) is 17.0 Å². The molecule has 1 aromatic carbocycles. The first-order valence-electron chi connectivity index (χ1n) is 14.1. The maximum atomic E-state index is 14.5. The molecule has 5 rings (SSSR count). The molecular formula is C31H34ClFN6O3. The van der Waals surface area contributed by atoms with Gasteiger partial charge in [0.15, 0.2) is 11.6 Å². The third-order valence-electron chi connectivity index (χ3n) is 8.35. The van der Waals surface area contributed by atoms with Crippen molar-refractivity contribution in [2.24, 2.45) is 11.8 Å². The molecule has 2 amide bonds. The van der Waals surface area contributed by atoms with E-state index in [2.05, 4.69) is 27.3 Å². The number of aromatic nitrogens is 1. The number of hydrogen-bond donors (Lipinski definition) is 1. The molecule has 42 heavy (non-hydrogen) atoms. The summed E-state index contributed by atoms with van der Waals surface area (Å²) in [5.41, 5.74) is 2.11. The number of likely N-dealkylation sites (tertiary alicyclic amines) is 1. The van der Waals surface area contributed by atoms with Crippen LogP contribution in [0.1, 0.15) is 24.8 Å². The van der Waals surface area contributed by atoms with Crippen LogP contribution in [-0.2, 0) is 4.79 Å². The van der Waals surface area contributed by atoms with Gasteiger partial charge < -0.3 is 24.8 Å². The van der Waals surface area contributed by atoms with Crippen LogP contribution in [0.2, 0.25) is 0 Å². The maximum Gasteiger partial charge on any atom is 0.415 e. The lowest BCUT2D eigenvalue weighted by Crippen LogP contribution is -2.45.